The monoisotopic (exact) mass is 333 g/mol. The molecule has 2 rings (SSSR count). The van der Waals surface area contributed by atoms with Crippen molar-refractivity contribution in [2.24, 2.45) is 5.73 Å². The lowest BCUT2D eigenvalue weighted by atomic mass is 10.1. The Hall–Kier alpha value is -2.48. The predicted molar refractivity (Wildman–Crippen MR) is 88.3 cm³/mol. The third kappa shape index (κ3) is 3.84. The number of hydrogen-bond acceptors (Lipinski definition) is 4. The van der Waals surface area contributed by atoms with Crippen molar-refractivity contribution in [3.63, 3.8) is 0 Å². The van der Waals surface area contributed by atoms with Gasteiger partial charge in [-0.1, -0.05) is 18.2 Å². The zero-order valence-electron chi connectivity index (χ0n) is 13.1. The standard InChI is InChI=1S/C15H19N5O2S/c1-3-19-13(18-20(15(19)23)9-12(16)21)8-17-14(22)11-7-5-4-6-10(11)2/h4-7H,3,8-9H2,1-2H3,(H2,16,21)(H,17,22). The van der Waals surface area contributed by atoms with Crippen LogP contribution in [0, 0.1) is 11.7 Å². The van der Waals surface area contributed by atoms with Gasteiger partial charge in [0.15, 0.2) is 10.6 Å². The van der Waals surface area contributed by atoms with Crippen molar-refractivity contribution in [2.45, 2.75) is 33.5 Å². The molecule has 2 amide bonds. The quantitative estimate of drug-likeness (QED) is 0.776. The van der Waals surface area contributed by atoms with E-state index in [1.165, 1.54) is 4.68 Å². The third-order valence-corrected chi connectivity index (χ3v) is 3.85. The van der Waals surface area contributed by atoms with Crippen LogP contribution in [0.5, 0.6) is 0 Å². The number of aryl methyl sites for hydroxylation is 1. The van der Waals surface area contributed by atoms with Crippen LogP contribution in [0.15, 0.2) is 24.3 Å². The zero-order valence-corrected chi connectivity index (χ0v) is 13.9. The number of benzene rings is 1. The molecule has 0 unspecified atom stereocenters. The van der Waals surface area contributed by atoms with Gasteiger partial charge in [0.2, 0.25) is 5.91 Å². The molecule has 1 aromatic heterocycles. The van der Waals surface area contributed by atoms with E-state index in [2.05, 4.69) is 10.4 Å². The van der Waals surface area contributed by atoms with Gasteiger partial charge in [0.05, 0.1) is 6.54 Å². The number of nitrogens with zero attached hydrogens (tertiary/aromatic N) is 3. The lowest BCUT2D eigenvalue weighted by Crippen LogP contribution is -2.25. The van der Waals surface area contributed by atoms with Crippen LogP contribution in [0.25, 0.3) is 0 Å². The Labute approximate surface area is 139 Å². The van der Waals surface area contributed by atoms with E-state index in [1.807, 2.05) is 32.0 Å². The fraction of sp³-hybridized carbons (Fsp3) is 0.333. The number of nitrogens with one attached hydrogen (secondary N) is 1. The molecule has 0 fully saturated rings. The molecule has 0 spiro atoms. The summed E-state index contributed by atoms with van der Waals surface area (Å²) in [6, 6.07) is 7.34. The third-order valence-electron chi connectivity index (χ3n) is 3.42. The largest absolute Gasteiger partial charge is 0.368 e. The normalized spacial score (nSPS) is 10.5. The molecular weight excluding hydrogens is 314 g/mol. The van der Waals surface area contributed by atoms with Gasteiger partial charge in [-0.25, -0.2) is 4.68 Å². The molecule has 8 heteroatoms. The van der Waals surface area contributed by atoms with E-state index in [1.54, 1.807) is 10.6 Å². The first-order chi connectivity index (χ1) is 10.9. The van der Waals surface area contributed by atoms with Crippen molar-refractivity contribution in [3.05, 3.63) is 46.0 Å². The summed E-state index contributed by atoms with van der Waals surface area (Å²) in [5.41, 5.74) is 6.70. The van der Waals surface area contributed by atoms with Crippen molar-refractivity contribution in [1.82, 2.24) is 19.7 Å². The fourth-order valence-electron chi connectivity index (χ4n) is 2.27. The molecule has 3 N–H and O–H groups in total. The van der Waals surface area contributed by atoms with Gasteiger partial charge in [-0.05, 0) is 37.7 Å². The molecule has 2 aromatic rings. The molecule has 0 aliphatic heterocycles. The summed E-state index contributed by atoms with van der Waals surface area (Å²) in [5.74, 6) is -0.112. The van der Waals surface area contributed by atoms with Crippen LogP contribution in [0.4, 0.5) is 0 Å². The minimum absolute atomic E-state index is 0.0788. The van der Waals surface area contributed by atoms with Gasteiger partial charge >= 0.3 is 0 Å². The van der Waals surface area contributed by atoms with Crippen LogP contribution in [-0.4, -0.2) is 26.2 Å². The lowest BCUT2D eigenvalue weighted by Gasteiger charge is -2.07. The molecule has 0 aliphatic carbocycles. The van der Waals surface area contributed by atoms with Crippen molar-refractivity contribution < 1.29 is 9.59 Å². The second-order valence-corrected chi connectivity index (χ2v) is 5.43. The van der Waals surface area contributed by atoms with Gasteiger partial charge in [0.25, 0.3) is 5.91 Å². The molecule has 1 aromatic carbocycles. The maximum atomic E-state index is 12.3. The summed E-state index contributed by atoms with van der Waals surface area (Å²) >= 11 is 5.27. The Morgan fingerprint density at radius 2 is 2.04 bits per heavy atom. The highest BCUT2D eigenvalue weighted by molar-refractivity contribution is 7.71. The first-order valence-corrected chi connectivity index (χ1v) is 7.63. The lowest BCUT2D eigenvalue weighted by molar-refractivity contribution is -0.118. The highest BCUT2D eigenvalue weighted by atomic mass is 32.1. The van der Waals surface area contributed by atoms with Gasteiger partial charge in [-0.15, -0.1) is 0 Å². The zero-order chi connectivity index (χ0) is 17.0. The Bertz CT molecular complexity index is 793. The topological polar surface area (TPSA) is 94.9 Å². The van der Waals surface area contributed by atoms with Crippen LogP contribution < -0.4 is 11.1 Å². The van der Waals surface area contributed by atoms with E-state index >= 15 is 0 Å². The van der Waals surface area contributed by atoms with Crippen molar-refractivity contribution >= 4 is 24.0 Å². The minimum Gasteiger partial charge on any atom is -0.368 e. The van der Waals surface area contributed by atoms with Crippen molar-refractivity contribution in [2.75, 3.05) is 0 Å². The molecule has 0 bridgehead atoms. The molecule has 7 nitrogen and oxygen atoms in total. The molecule has 0 atom stereocenters. The molecule has 1 heterocycles. The van der Waals surface area contributed by atoms with Gasteiger partial charge in [0.1, 0.15) is 6.54 Å². The summed E-state index contributed by atoms with van der Waals surface area (Å²) in [4.78, 5) is 23.3. The molecule has 0 saturated heterocycles. The minimum atomic E-state index is -0.516. The summed E-state index contributed by atoms with van der Waals surface area (Å²) in [6.07, 6.45) is 0. The molecule has 122 valence electrons. The average Bonchev–Trinajstić information content (AvgIpc) is 2.80. The number of carbonyl (C=O) groups excluding carboxylic acids is 2. The smallest absolute Gasteiger partial charge is 0.251 e. The maximum Gasteiger partial charge on any atom is 0.251 e. The fourth-order valence-corrected chi connectivity index (χ4v) is 2.61. The number of primary amides is 1. The molecule has 0 aliphatic rings. The van der Waals surface area contributed by atoms with E-state index in [9.17, 15) is 9.59 Å². The highest BCUT2D eigenvalue weighted by Crippen LogP contribution is 2.07. The van der Waals surface area contributed by atoms with Gasteiger partial charge in [-0.2, -0.15) is 5.10 Å². The Kier molecular flexibility index (Phi) is 5.28. The Morgan fingerprint density at radius 1 is 1.35 bits per heavy atom. The number of rotatable bonds is 6. The summed E-state index contributed by atoms with van der Waals surface area (Å²) in [7, 11) is 0. The number of hydrogen-bond donors (Lipinski definition) is 2. The second-order valence-electron chi connectivity index (χ2n) is 5.06. The summed E-state index contributed by atoms with van der Waals surface area (Å²) in [6.45, 7) is 4.52. The van der Waals surface area contributed by atoms with Crippen molar-refractivity contribution in [3.8, 4) is 0 Å². The summed E-state index contributed by atoms with van der Waals surface area (Å²) < 4.78 is 3.54. The van der Waals surface area contributed by atoms with Gasteiger partial charge in [0, 0.05) is 12.1 Å². The van der Waals surface area contributed by atoms with Crippen LogP contribution in [-0.2, 0) is 24.4 Å². The van der Waals surface area contributed by atoms with E-state index in [-0.39, 0.29) is 19.0 Å². The van der Waals surface area contributed by atoms with E-state index in [0.717, 1.165) is 5.56 Å². The maximum absolute atomic E-state index is 12.3. The van der Waals surface area contributed by atoms with E-state index in [0.29, 0.717) is 22.7 Å². The van der Waals surface area contributed by atoms with Crippen molar-refractivity contribution in [1.29, 1.82) is 0 Å². The Balaban J connectivity index is 2.17. The van der Waals surface area contributed by atoms with Gasteiger partial charge in [-0.3, -0.25) is 9.59 Å². The number of carbonyl (C=O) groups is 2. The SMILES string of the molecule is CCn1c(CNC(=O)c2ccccc2C)nn(CC(N)=O)c1=S. The molecule has 23 heavy (non-hydrogen) atoms. The number of amides is 2. The van der Waals surface area contributed by atoms with Crippen LogP contribution in [0.1, 0.15) is 28.7 Å². The molecule has 0 radical (unpaired) electrons. The van der Waals surface area contributed by atoms with Crippen LogP contribution >= 0.6 is 12.2 Å². The van der Waals surface area contributed by atoms with Crippen LogP contribution in [0.2, 0.25) is 0 Å². The number of nitrogens with two attached hydrogens (primary N) is 1. The Morgan fingerprint density at radius 3 is 2.65 bits per heavy atom. The van der Waals surface area contributed by atoms with E-state index in [4.69, 9.17) is 18.0 Å². The molecule has 0 saturated carbocycles. The predicted octanol–water partition coefficient (Wildman–Crippen LogP) is 1.16. The average molecular weight is 333 g/mol. The van der Waals surface area contributed by atoms with Gasteiger partial charge < -0.3 is 15.6 Å². The molecular formula is C15H19N5O2S. The number of aromatic nitrogens is 3. The second kappa shape index (κ2) is 7.19. The van der Waals surface area contributed by atoms with E-state index < -0.39 is 5.91 Å². The first-order valence-electron chi connectivity index (χ1n) is 7.22. The summed E-state index contributed by atoms with van der Waals surface area (Å²) in [5, 5.41) is 7.10. The first kappa shape index (κ1) is 16.9. The van der Waals surface area contributed by atoms with Crippen LogP contribution in [0.3, 0.4) is 0 Å². The highest BCUT2D eigenvalue weighted by Gasteiger charge is 2.13.